The highest BCUT2D eigenvalue weighted by molar-refractivity contribution is 5.75. The van der Waals surface area contributed by atoms with E-state index in [1.54, 1.807) is 19.2 Å². The lowest BCUT2D eigenvalue weighted by atomic mass is 10.1. The first-order chi connectivity index (χ1) is 9.25. The smallest absolute Gasteiger partial charge is 0.325 e. The molecule has 1 aromatic carbocycles. The average Bonchev–Trinajstić information content (AvgIpc) is 2.42. The van der Waals surface area contributed by atoms with Crippen molar-refractivity contribution in [2.45, 2.75) is 12.5 Å². The standard InChI is InChI=1S/C14H21NO4/c1-18-9-5-10-19-11-8-15-13(14(16)17)12-6-3-2-4-7-12/h2-4,6-7,13,15H,5,8-11H2,1H3,(H,16,17). The molecule has 0 amide bonds. The highest BCUT2D eigenvalue weighted by Gasteiger charge is 2.17. The van der Waals surface area contributed by atoms with Crippen LogP contribution in [-0.2, 0) is 14.3 Å². The van der Waals surface area contributed by atoms with E-state index in [0.29, 0.717) is 26.4 Å². The highest BCUT2D eigenvalue weighted by atomic mass is 16.5. The number of rotatable bonds is 10. The Hall–Kier alpha value is -1.43. The Morgan fingerprint density at radius 2 is 2.00 bits per heavy atom. The van der Waals surface area contributed by atoms with Gasteiger partial charge in [0.25, 0.3) is 0 Å². The van der Waals surface area contributed by atoms with Crippen LogP contribution < -0.4 is 5.32 Å². The molecule has 0 heterocycles. The van der Waals surface area contributed by atoms with Gasteiger partial charge in [-0.15, -0.1) is 0 Å². The molecule has 0 saturated carbocycles. The molecule has 0 radical (unpaired) electrons. The third-order valence-electron chi connectivity index (χ3n) is 2.61. The van der Waals surface area contributed by atoms with Gasteiger partial charge in [-0.3, -0.25) is 10.1 Å². The number of hydrogen-bond donors (Lipinski definition) is 2. The summed E-state index contributed by atoms with van der Waals surface area (Å²) in [5, 5.41) is 12.2. The maximum atomic E-state index is 11.2. The molecule has 5 nitrogen and oxygen atoms in total. The molecule has 1 atom stereocenters. The van der Waals surface area contributed by atoms with Crippen molar-refractivity contribution in [2.75, 3.05) is 33.5 Å². The summed E-state index contributed by atoms with van der Waals surface area (Å²) in [4.78, 5) is 11.2. The average molecular weight is 267 g/mol. The van der Waals surface area contributed by atoms with Gasteiger partial charge in [-0.2, -0.15) is 0 Å². The maximum Gasteiger partial charge on any atom is 0.325 e. The molecule has 1 aromatic rings. The van der Waals surface area contributed by atoms with Crippen molar-refractivity contribution >= 4 is 5.97 Å². The van der Waals surface area contributed by atoms with E-state index in [9.17, 15) is 9.90 Å². The molecule has 5 heteroatoms. The van der Waals surface area contributed by atoms with E-state index >= 15 is 0 Å². The fourth-order valence-electron chi connectivity index (χ4n) is 1.68. The second kappa shape index (κ2) is 9.49. The normalized spacial score (nSPS) is 12.3. The van der Waals surface area contributed by atoms with E-state index in [1.807, 2.05) is 18.2 Å². The van der Waals surface area contributed by atoms with Crippen molar-refractivity contribution in [3.63, 3.8) is 0 Å². The fraction of sp³-hybridized carbons (Fsp3) is 0.500. The number of carboxylic acids is 1. The first-order valence-corrected chi connectivity index (χ1v) is 6.33. The van der Waals surface area contributed by atoms with Crippen LogP contribution in [0, 0.1) is 0 Å². The zero-order chi connectivity index (χ0) is 13.9. The van der Waals surface area contributed by atoms with E-state index in [1.165, 1.54) is 0 Å². The topological polar surface area (TPSA) is 67.8 Å². The summed E-state index contributed by atoms with van der Waals surface area (Å²) >= 11 is 0. The Morgan fingerprint density at radius 3 is 2.63 bits per heavy atom. The number of benzene rings is 1. The van der Waals surface area contributed by atoms with Crippen LogP contribution in [0.25, 0.3) is 0 Å². The number of ether oxygens (including phenoxy) is 2. The molecule has 0 aromatic heterocycles. The molecular weight excluding hydrogens is 246 g/mol. The third kappa shape index (κ3) is 6.33. The SMILES string of the molecule is COCCCOCCNC(C(=O)O)c1ccccc1. The predicted molar refractivity (Wildman–Crippen MR) is 72.1 cm³/mol. The van der Waals surface area contributed by atoms with Crippen molar-refractivity contribution in [1.29, 1.82) is 0 Å². The second-order valence-electron chi connectivity index (χ2n) is 4.09. The van der Waals surface area contributed by atoms with Crippen molar-refractivity contribution in [3.05, 3.63) is 35.9 Å². The summed E-state index contributed by atoms with van der Waals surface area (Å²) in [6.45, 7) is 2.28. The van der Waals surface area contributed by atoms with Crippen LogP contribution in [0.4, 0.5) is 0 Å². The lowest BCUT2D eigenvalue weighted by molar-refractivity contribution is -0.139. The molecule has 2 N–H and O–H groups in total. The molecule has 0 aliphatic heterocycles. The van der Waals surface area contributed by atoms with Crippen LogP contribution in [0.15, 0.2) is 30.3 Å². The Morgan fingerprint density at radius 1 is 1.26 bits per heavy atom. The number of carbonyl (C=O) groups is 1. The zero-order valence-electron chi connectivity index (χ0n) is 11.2. The van der Waals surface area contributed by atoms with Gasteiger partial charge in [-0.25, -0.2) is 0 Å². The van der Waals surface area contributed by atoms with E-state index < -0.39 is 12.0 Å². The third-order valence-corrected chi connectivity index (χ3v) is 2.61. The van der Waals surface area contributed by atoms with Crippen LogP contribution in [-0.4, -0.2) is 44.6 Å². The summed E-state index contributed by atoms with van der Waals surface area (Å²) in [7, 11) is 1.65. The summed E-state index contributed by atoms with van der Waals surface area (Å²) in [5.41, 5.74) is 0.745. The summed E-state index contributed by atoms with van der Waals surface area (Å²) in [6, 6.07) is 8.42. The lowest BCUT2D eigenvalue weighted by Gasteiger charge is -2.14. The number of hydrogen-bond acceptors (Lipinski definition) is 4. The molecule has 0 aliphatic carbocycles. The van der Waals surface area contributed by atoms with Gasteiger partial charge in [-0.05, 0) is 12.0 Å². The van der Waals surface area contributed by atoms with E-state index in [0.717, 1.165) is 12.0 Å². The maximum absolute atomic E-state index is 11.2. The molecule has 106 valence electrons. The summed E-state index contributed by atoms with van der Waals surface area (Å²) < 4.78 is 10.3. The highest BCUT2D eigenvalue weighted by Crippen LogP contribution is 2.11. The molecule has 0 bridgehead atoms. The summed E-state index contributed by atoms with van der Waals surface area (Å²) in [6.07, 6.45) is 0.845. The Bertz CT molecular complexity index is 356. The van der Waals surface area contributed by atoms with Gasteiger partial charge in [0.2, 0.25) is 0 Å². The van der Waals surface area contributed by atoms with Gasteiger partial charge in [-0.1, -0.05) is 30.3 Å². The second-order valence-corrected chi connectivity index (χ2v) is 4.09. The minimum absolute atomic E-state index is 0.486. The largest absolute Gasteiger partial charge is 0.480 e. The van der Waals surface area contributed by atoms with Gasteiger partial charge in [0.15, 0.2) is 0 Å². The molecule has 0 aliphatic rings. The first-order valence-electron chi connectivity index (χ1n) is 6.33. The van der Waals surface area contributed by atoms with Crippen molar-refractivity contribution in [1.82, 2.24) is 5.32 Å². The molecule has 1 rings (SSSR count). The summed E-state index contributed by atoms with van der Waals surface area (Å²) in [5.74, 6) is -0.884. The first kappa shape index (κ1) is 15.6. The van der Waals surface area contributed by atoms with Crippen molar-refractivity contribution < 1.29 is 19.4 Å². The van der Waals surface area contributed by atoms with Crippen LogP contribution in [0.2, 0.25) is 0 Å². The van der Waals surface area contributed by atoms with Gasteiger partial charge in [0, 0.05) is 26.9 Å². The van der Waals surface area contributed by atoms with Crippen LogP contribution in [0.1, 0.15) is 18.0 Å². The Kier molecular flexibility index (Phi) is 7.81. The lowest BCUT2D eigenvalue weighted by Crippen LogP contribution is -2.31. The number of nitrogens with one attached hydrogen (secondary N) is 1. The number of aliphatic carboxylic acids is 1. The van der Waals surface area contributed by atoms with Gasteiger partial charge >= 0.3 is 5.97 Å². The Labute approximate surface area is 113 Å². The van der Waals surface area contributed by atoms with E-state index in [-0.39, 0.29) is 0 Å². The molecule has 0 spiro atoms. The number of methoxy groups -OCH3 is 1. The molecule has 0 saturated heterocycles. The van der Waals surface area contributed by atoms with Crippen molar-refractivity contribution in [3.8, 4) is 0 Å². The van der Waals surface area contributed by atoms with Crippen molar-refractivity contribution in [2.24, 2.45) is 0 Å². The zero-order valence-corrected chi connectivity index (χ0v) is 11.2. The number of carboxylic acid groups (broad SMARTS) is 1. The fourth-order valence-corrected chi connectivity index (χ4v) is 1.68. The van der Waals surface area contributed by atoms with E-state index in [4.69, 9.17) is 9.47 Å². The van der Waals surface area contributed by atoms with Gasteiger partial charge < -0.3 is 14.6 Å². The van der Waals surface area contributed by atoms with Crippen LogP contribution in [0.5, 0.6) is 0 Å². The van der Waals surface area contributed by atoms with Gasteiger partial charge in [0.1, 0.15) is 6.04 Å². The molecular formula is C14H21NO4. The molecule has 1 unspecified atom stereocenters. The molecule has 0 fully saturated rings. The van der Waals surface area contributed by atoms with Crippen LogP contribution in [0.3, 0.4) is 0 Å². The monoisotopic (exact) mass is 267 g/mol. The van der Waals surface area contributed by atoms with E-state index in [2.05, 4.69) is 5.32 Å². The minimum Gasteiger partial charge on any atom is -0.480 e. The predicted octanol–water partition coefficient (Wildman–Crippen LogP) is 1.45. The molecule has 19 heavy (non-hydrogen) atoms. The van der Waals surface area contributed by atoms with Gasteiger partial charge in [0.05, 0.1) is 6.61 Å². The minimum atomic E-state index is -0.884. The quantitative estimate of drug-likeness (QED) is 0.628. The Balaban J connectivity index is 2.26. The van der Waals surface area contributed by atoms with Crippen LogP contribution >= 0.6 is 0 Å².